The topological polar surface area (TPSA) is 0 Å². The molecule has 1 aromatic rings. The van der Waals surface area contributed by atoms with Crippen LogP contribution in [0.5, 0.6) is 0 Å². The molecule has 7 heteroatoms. The maximum atomic E-state index is 12.7. The summed E-state index contributed by atoms with van der Waals surface area (Å²) in [5.74, 6) is 0. The van der Waals surface area contributed by atoms with Crippen LogP contribution in [0.3, 0.4) is 0 Å². The van der Waals surface area contributed by atoms with E-state index in [2.05, 4.69) is 6.58 Å². The first-order valence-corrected chi connectivity index (χ1v) is 5.66. The number of alkyl halides is 6. The third-order valence-electron chi connectivity index (χ3n) is 3.07. The van der Waals surface area contributed by atoms with E-state index in [1.54, 1.807) is 6.92 Å². The van der Waals surface area contributed by atoms with Crippen LogP contribution < -0.4 is 0 Å². The molecule has 0 aliphatic heterocycles. The maximum absolute atomic E-state index is 12.7. The van der Waals surface area contributed by atoms with E-state index in [0.29, 0.717) is 12.1 Å². The molecule has 1 aromatic carbocycles. The quantitative estimate of drug-likeness (QED) is 0.431. The minimum absolute atomic E-state index is 0.0721. The largest absolute Gasteiger partial charge is 0.416 e. The fourth-order valence-electron chi connectivity index (χ4n) is 1.69. The zero-order chi connectivity index (χ0) is 15.8. The number of halogens is 6. The normalized spacial score (nSPS) is 15.8. The third kappa shape index (κ3) is 3.38. The number of rotatable bonds is 3. The smallest absolute Gasteiger partial charge is 0.166 e. The molecule has 0 spiro atoms. The molecule has 0 aliphatic rings. The van der Waals surface area contributed by atoms with Crippen molar-refractivity contribution in [3.05, 3.63) is 47.5 Å². The molecule has 0 aromatic heterocycles. The van der Waals surface area contributed by atoms with Crippen LogP contribution in [0.1, 0.15) is 30.0 Å². The molecule has 0 saturated carbocycles. The summed E-state index contributed by atoms with van der Waals surface area (Å²) in [7, 11) is 5.79. The van der Waals surface area contributed by atoms with E-state index in [9.17, 15) is 26.3 Å². The summed E-state index contributed by atoms with van der Waals surface area (Å²) in [5.41, 5.74) is -3.03. The highest BCUT2D eigenvalue weighted by Crippen LogP contribution is 2.39. The van der Waals surface area contributed by atoms with Crippen molar-refractivity contribution in [2.45, 2.75) is 31.0 Å². The fourth-order valence-corrected chi connectivity index (χ4v) is 1.69. The van der Waals surface area contributed by atoms with E-state index in [-0.39, 0.29) is 18.1 Å². The lowest BCUT2D eigenvalue weighted by atomic mass is 9.62. The average molecular weight is 292 g/mol. The summed E-state index contributed by atoms with van der Waals surface area (Å²) in [4.78, 5) is 0. The van der Waals surface area contributed by atoms with Crippen molar-refractivity contribution in [2.75, 3.05) is 0 Å². The third-order valence-corrected chi connectivity index (χ3v) is 3.07. The van der Waals surface area contributed by atoms with E-state index >= 15 is 0 Å². The molecule has 1 unspecified atom stereocenters. The second-order valence-corrected chi connectivity index (χ2v) is 4.39. The highest BCUT2D eigenvalue weighted by Gasteiger charge is 2.38. The Labute approximate surface area is 113 Å². The Hall–Kier alpha value is -1.40. The molecular weight excluding hydrogens is 281 g/mol. The van der Waals surface area contributed by atoms with Crippen molar-refractivity contribution in [1.82, 2.24) is 0 Å². The highest BCUT2D eigenvalue weighted by atomic mass is 19.4. The first-order valence-electron chi connectivity index (χ1n) is 5.66. The van der Waals surface area contributed by atoms with Gasteiger partial charge in [0.15, 0.2) is 0 Å². The van der Waals surface area contributed by atoms with E-state index in [0.717, 1.165) is 6.08 Å². The van der Waals surface area contributed by atoms with Crippen molar-refractivity contribution in [1.29, 1.82) is 0 Å². The van der Waals surface area contributed by atoms with Gasteiger partial charge in [-0.1, -0.05) is 19.4 Å². The van der Waals surface area contributed by atoms with Crippen LogP contribution in [0, 0.1) is 0 Å². The second kappa shape index (κ2) is 5.18. The molecule has 1 atom stereocenters. The second-order valence-electron chi connectivity index (χ2n) is 4.39. The van der Waals surface area contributed by atoms with Gasteiger partial charge in [-0.2, -0.15) is 26.3 Å². The first kappa shape index (κ1) is 16.7. The van der Waals surface area contributed by atoms with E-state index in [1.165, 1.54) is 0 Å². The van der Waals surface area contributed by atoms with Crippen LogP contribution >= 0.6 is 0 Å². The lowest BCUT2D eigenvalue weighted by Gasteiger charge is -2.27. The molecule has 2 radical (unpaired) electrons. The number of hydrogen-bond acceptors (Lipinski definition) is 0. The number of allylic oxidation sites excluding steroid dienone is 1. The van der Waals surface area contributed by atoms with Crippen LogP contribution in [-0.2, 0) is 17.7 Å². The Morgan fingerprint density at radius 1 is 0.950 bits per heavy atom. The zero-order valence-corrected chi connectivity index (χ0v) is 10.6. The van der Waals surface area contributed by atoms with Crippen LogP contribution in [-0.4, -0.2) is 7.85 Å². The lowest BCUT2D eigenvalue weighted by Crippen LogP contribution is -2.24. The Kier molecular flexibility index (Phi) is 4.32. The van der Waals surface area contributed by atoms with E-state index < -0.39 is 28.8 Å². The molecule has 1 rings (SSSR count). The van der Waals surface area contributed by atoms with Gasteiger partial charge in [0.1, 0.15) is 0 Å². The van der Waals surface area contributed by atoms with E-state index in [1.807, 2.05) is 0 Å². The summed E-state index contributed by atoms with van der Waals surface area (Å²) in [6, 6.07) is 1.32. The average Bonchev–Trinajstić information content (AvgIpc) is 2.35. The molecule has 0 saturated heterocycles. The summed E-state index contributed by atoms with van der Waals surface area (Å²) >= 11 is 0. The van der Waals surface area contributed by atoms with Gasteiger partial charge in [-0.3, -0.25) is 0 Å². The lowest BCUT2D eigenvalue weighted by molar-refractivity contribution is -0.143. The minimum atomic E-state index is -4.88. The van der Waals surface area contributed by atoms with Gasteiger partial charge in [0.2, 0.25) is 0 Å². The monoisotopic (exact) mass is 292 g/mol. The SMILES string of the molecule is [B]C(C=C)(CC)c1cc(C(F)(F)F)cc(C(F)(F)F)c1. The fraction of sp³-hybridized carbons (Fsp3) is 0.385. The molecule has 20 heavy (non-hydrogen) atoms. The van der Waals surface area contributed by atoms with Crippen LogP contribution in [0.4, 0.5) is 26.3 Å². The highest BCUT2D eigenvalue weighted by molar-refractivity contribution is 6.17. The minimum Gasteiger partial charge on any atom is -0.166 e. The summed E-state index contributed by atoms with van der Waals surface area (Å²) in [6.07, 6.45) is -8.50. The molecule has 0 heterocycles. The predicted octanol–water partition coefficient (Wildman–Crippen LogP) is 4.68. The summed E-state index contributed by atoms with van der Waals surface area (Å²) in [5, 5.41) is -1.44. The predicted molar refractivity (Wildman–Crippen MR) is 64.4 cm³/mol. The first-order chi connectivity index (χ1) is 8.94. The molecule has 0 N–H and O–H groups in total. The molecule has 0 fully saturated rings. The Bertz CT molecular complexity index is 470. The van der Waals surface area contributed by atoms with Gasteiger partial charge in [-0.15, -0.1) is 6.58 Å². The maximum Gasteiger partial charge on any atom is 0.416 e. The number of benzene rings is 1. The van der Waals surface area contributed by atoms with Gasteiger partial charge in [0, 0.05) is 0 Å². The Morgan fingerprint density at radius 2 is 1.30 bits per heavy atom. The van der Waals surface area contributed by atoms with Crippen molar-refractivity contribution in [3.63, 3.8) is 0 Å². The van der Waals surface area contributed by atoms with Crippen molar-refractivity contribution < 1.29 is 26.3 Å². The summed E-state index contributed by atoms with van der Waals surface area (Å²) < 4.78 is 76.2. The van der Waals surface area contributed by atoms with E-state index in [4.69, 9.17) is 7.85 Å². The zero-order valence-electron chi connectivity index (χ0n) is 10.6. The molecule has 0 aliphatic carbocycles. The molecule has 0 amide bonds. The van der Waals surface area contributed by atoms with Crippen LogP contribution in [0.25, 0.3) is 0 Å². The standard InChI is InChI=1S/C13H11BF6/c1-3-11(14,4-2)8-5-9(12(15,16)17)7-10(6-8)13(18,19)20/h3,5-7H,1,4H2,2H3. The molecular formula is C13H11BF6. The number of hydrogen-bond donors (Lipinski definition) is 0. The Morgan fingerprint density at radius 3 is 1.55 bits per heavy atom. The Balaban J connectivity index is 3.58. The van der Waals surface area contributed by atoms with Crippen LogP contribution in [0.15, 0.2) is 30.9 Å². The van der Waals surface area contributed by atoms with Gasteiger partial charge in [-0.25, -0.2) is 0 Å². The van der Waals surface area contributed by atoms with Crippen molar-refractivity contribution in [3.8, 4) is 0 Å². The van der Waals surface area contributed by atoms with Gasteiger partial charge < -0.3 is 0 Å². The van der Waals surface area contributed by atoms with Gasteiger partial charge in [-0.05, 0) is 29.1 Å². The van der Waals surface area contributed by atoms with Gasteiger partial charge in [0.25, 0.3) is 0 Å². The van der Waals surface area contributed by atoms with Gasteiger partial charge in [0.05, 0.1) is 19.0 Å². The van der Waals surface area contributed by atoms with Gasteiger partial charge >= 0.3 is 12.4 Å². The molecule has 0 bridgehead atoms. The molecule has 0 nitrogen and oxygen atoms in total. The van der Waals surface area contributed by atoms with Crippen LogP contribution in [0.2, 0.25) is 0 Å². The molecule has 108 valence electrons. The van der Waals surface area contributed by atoms with Crippen molar-refractivity contribution >= 4 is 7.85 Å². The summed E-state index contributed by atoms with van der Waals surface area (Å²) in [6.45, 7) is 4.93. The van der Waals surface area contributed by atoms with Crippen molar-refractivity contribution in [2.24, 2.45) is 0 Å².